The van der Waals surface area contributed by atoms with Gasteiger partial charge in [0.15, 0.2) is 0 Å². The molecule has 1 rings (SSSR count). The maximum atomic E-state index is 4.12. The lowest BCUT2D eigenvalue weighted by atomic mass is 10.1. The Balaban J connectivity index is 2.29. The van der Waals surface area contributed by atoms with Crippen LogP contribution < -0.4 is 4.72 Å². The monoisotopic (exact) mass is 235 g/mol. The molecule has 0 radical (unpaired) electrons. The van der Waals surface area contributed by atoms with Crippen LogP contribution in [0.5, 0.6) is 0 Å². The van der Waals surface area contributed by atoms with Gasteiger partial charge in [0.25, 0.3) is 0 Å². The fraction of sp³-hybridized carbons (Fsp3) is 1.00. The molecule has 1 aliphatic rings. The smallest absolute Gasteiger partial charge is 0.0361 e. The minimum absolute atomic E-state index is 0.141. The normalized spacial score (nSPS) is 21.4. The Hall–Kier alpha value is 0.580. The Bertz CT molecular complexity index is 167. The molecule has 1 N–H and O–H groups in total. The second-order valence-electron chi connectivity index (χ2n) is 4.66. The topological polar surface area (TPSA) is 18.5 Å². The average molecular weight is 235 g/mol. The zero-order valence-corrected chi connectivity index (χ0v) is 11.0. The fourth-order valence-electron chi connectivity index (χ4n) is 1.72. The van der Waals surface area contributed by atoms with Crippen molar-refractivity contribution >= 4 is 22.6 Å². The zero-order valence-electron chi connectivity index (χ0n) is 9.29. The van der Waals surface area contributed by atoms with Crippen LogP contribution in [0.1, 0.15) is 13.8 Å². The van der Waals surface area contributed by atoms with Gasteiger partial charge in [-0.05, 0) is 31.9 Å². The van der Waals surface area contributed by atoms with Crippen LogP contribution in [0.4, 0.5) is 0 Å². The van der Waals surface area contributed by atoms with Crippen LogP contribution in [0.3, 0.4) is 0 Å². The van der Waals surface area contributed by atoms with E-state index in [1.807, 2.05) is 0 Å². The van der Waals surface area contributed by atoms with Crippen LogP contribution in [-0.4, -0.2) is 55.1 Å². The Morgan fingerprint density at radius 2 is 1.86 bits per heavy atom. The molecule has 0 aromatic heterocycles. The molecule has 5 heteroatoms. The summed E-state index contributed by atoms with van der Waals surface area (Å²) >= 11 is 4.12. The first-order valence-electron chi connectivity index (χ1n) is 5.02. The van der Waals surface area contributed by atoms with Crippen molar-refractivity contribution in [1.82, 2.24) is 14.5 Å². The van der Waals surface area contributed by atoms with Crippen LogP contribution in [0.15, 0.2) is 0 Å². The van der Waals surface area contributed by atoms with E-state index in [1.165, 1.54) is 37.2 Å². The first-order valence-corrected chi connectivity index (χ1v) is 6.89. The largest absolute Gasteiger partial charge is 0.304 e. The third kappa shape index (κ3) is 4.40. The summed E-state index contributed by atoms with van der Waals surface area (Å²) < 4.78 is 3.31. The van der Waals surface area contributed by atoms with Gasteiger partial charge in [-0.25, -0.2) is 4.72 Å². The van der Waals surface area contributed by atoms with Crippen molar-refractivity contribution in [2.75, 3.05) is 39.8 Å². The van der Waals surface area contributed by atoms with Gasteiger partial charge in [-0.3, -0.25) is 4.90 Å². The van der Waals surface area contributed by atoms with E-state index in [2.05, 4.69) is 47.1 Å². The number of thiol groups is 1. The molecule has 0 amide bonds. The van der Waals surface area contributed by atoms with Crippen molar-refractivity contribution < 1.29 is 0 Å². The van der Waals surface area contributed by atoms with E-state index in [0.717, 1.165) is 6.54 Å². The van der Waals surface area contributed by atoms with Crippen molar-refractivity contribution in [3.8, 4) is 0 Å². The highest BCUT2D eigenvalue weighted by molar-refractivity contribution is 8.67. The zero-order chi connectivity index (χ0) is 10.6. The van der Waals surface area contributed by atoms with Gasteiger partial charge in [0, 0.05) is 38.3 Å². The molecular formula is C9H21N3S2. The molecular weight excluding hydrogens is 214 g/mol. The minimum atomic E-state index is 0.141. The van der Waals surface area contributed by atoms with Crippen molar-refractivity contribution in [3.63, 3.8) is 0 Å². The third-order valence-corrected chi connectivity index (χ3v) is 3.45. The number of likely N-dealkylation sites (N-methyl/N-ethyl adjacent to an activating group) is 1. The molecule has 0 bridgehead atoms. The lowest BCUT2D eigenvalue weighted by Gasteiger charge is -2.37. The summed E-state index contributed by atoms with van der Waals surface area (Å²) in [6, 6.07) is 0. The number of hydrogen-bond donors (Lipinski definition) is 2. The Morgan fingerprint density at radius 3 is 2.36 bits per heavy atom. The Kier molecular flexibility index (Phi) is 5.06. The highest BCUT2D eigenvalue weighted by Gasteiger charge is 2.23. The van der Waals surface area contributed by atoms with Crippen LogP contribution in [0.25, 0.3) is 0 Å². The van der Waals surface area contributed by atoms with Gasteiger partial charge >= 0.3 is 0 Å². The van der Waals surface area contributed by atoms with E-state index in [0.29, 0.717) is 0 Å². The van der Waals surface area contributed by atoms with Crippen molar-refractivity contribution in [2.24, 2.45) is 0 Å². The van der Waals surface area contributed by atoms with Gasteiger partial charge in [0.1, 0.15) is 0 Å². The quantitative estimate of drug-likeness (QED) is 0.431. The molecule has 1 fully saturated rings. The van der Waals surface area contributed by atoms with Gasteiger partial charge in [0.05, 0.1) is 0 Å². The minimum Gasteiger partial charge on any atom is -0.304 e. The number of nitrogens with one attached hydrogen (secondary N) is 1. The molecule has 1 heterocycles. The lowest BCUT2D eigenvalue weighted by molar-refractivity contribution is 0.131. The van der Waals surface area contributed by atoms with Crippen LogP contribution in [0, 0.1) is 0 Å². The van der Waals surface area contributed by atoms with E-state index in [1.54, 1.807) is 0 Å². The standard InChI is InChI=1S/C9H21N3S2/c1-9(2,10-14-13)8-12-6-4-11(3)5-7-12/h10,13H,4-8H2,1-3H3. The maximum Gasteiger partial charge on any atom is 0.0361 e. The highest BCUT2D eigenvalue weighted by Crippen LogP contribution is 2.13. The van der Waals surface area contributed by atoms with E-state index in [9.17, 15) is 0 Å². The first-order chi connectivity index (χ1) is 6.53. The molecule has 0 aromatic rings. The maximum absolute atomic E-state index is 4.12. The third-order valence-electron chi connectivity index (χ3n) is 2.54. The summed E-state index contributed by atoms with van der Waals surface area (Å²) in [5, 5.41) is 0. The van der Waals surface area contributed by atoms with Crippen LogP contribution >= 0.6 is 22.6 Å². The summed E-state index contributed by atoms with van der Waals surface area (Å²) in [4.78, 5) is 4.89. The van der Waals surface area contributed by atoms with E-state index >= 15 is 0 Å². The van der Waals surface area contributed by atoms with Crippen molar-refractivity contribution in [1.29, 1.82) is 0 Å². The lowest BCUT2D eigenvalue weighted by Crippen LogP contribution is -2.52. The van der Waals surface area contributed by atoms with Crippen molar-refractivity contribution in [3.05, 3.63) is 0 Å². The predicted molar refractivity (Wildman–Crippen MR) is 67.7 cm³/mol. The molecule has 0 saturated carbocycles. The first kappa shape index (κ1) is 12.6. The van der Waals surface area contributed by atoms with E-state index in [-0.39, 0.29) is 5.54 Å². The summed E-state index contributed by atoms with van der Waals surface area (Å²) in [5.41, 5.74) is 0.141. The molecule has 0 unspecified atom stereocenters. The molecule has 0 spiro atoms. The van der Waals surface area contributed by atoms with Crippen LogP contribution in [-0.2, 0) is 0 Å². The molecule has 0 aromatic carbocycles. The summed E-state index contributed by atoms with van der Waals surface area (Å²) in [6.07, 6.45) is 0. The van der Waals surface area contributed by atoms with Gasteiger partial charge in [-0.15, -0.1) is 0 Å². The van der Waals surface area contributed by atoms with Crippen molar-refractivity contribution in [2.45, 2.75) is 19.4 Å². The SMILES string of the molecule is CN1CCN(CC(C)(C)NSS)CC1. The van der Waals surface area contributed by atoms with E-state index < -0.39 is 0 Å². The molecule has 1 saturated heterocycles. The molecule has 3 nitrogen and oxygen atoms in total. The molecule has 14 heavy (non-hydrogen) atoms. The number of hydrogen-bond acceptors (Lipinski definition) is 5. The number of piperazine rings is 1. The Labute approximate surface area is 96.5 Å². The molecule has 0 aliphatic carbocycles. The number of rotatable bonds is 4. The average Bonchev–Trinajstić information content (AvgIpc) is 2.08. The summed E-state index contributed by atoms with van der Waals surface area (Å²) in [7, 11) is 3.59. The number of nitrogens with zero attached hydrogens (tertiary/aromatic N) is 2. The Morgan fingerprint density at radius 1 is 1.29 bits per heavy atom. The predicted octanol–water partition coefficient (Wildman–Crippen LogP) is 1.09. The molecule has 1 aliphatic heterocycles. The van der Waals surface area contributed by atoms with Gasteiger partial charge in [0.2, 0.25) is 0 Å². The molecule has 84 valence electrons. The second kappa shape index (κ2) is 5.61. The summed E-state index contributed by atoms with van der Waals surface area (Å²) in [5.74, 6) is 0. The fourth-order valence-corrected chi connectivity index (χ4v) is 2.77. The van der Waals surface area contributed by atoms with Gasteiger partial charge < -0.3 is 4.90 Å². The highest BCUT2D eigenvalue weighted by atomic mass is 33.1. The van der Waals surface area contributed by atoms with E-state index in [4.69, 9.17) is 0 Å². The molecule has 0 atom stereocenters. The van der Waals surface area contributed by atoms with Gasteiger partial charge in [-0.1, -0.05) is 11.7 Å². The van der Waals surface area contributed by atoms with Crippen LogP contribution in [0.2, 0.25) is 0 Å². The van der Waals surface area contributed by atoms with Gasteiger partial charge in [-0.2, -0.15) is 0 Å². The summed E-state index contributed by atoms with van der Waals surface area (Å²) in [6.45, 7) is 10.3. The second-order valence-corrected chi connectivity index (χ2v) is 5.59.